The summed E-state index contributed by atoms with van der Waals surface area (Å²) in [5, 5.41) is 9.35. The van der Waals surface area contributed by atoms with Gasteiger partial charge in [-0.15, -0.1) is 0 Å². The highest BCUT2D eigenvalue weighted by molar-refractivity contribution is 6.45. The van der Waals surface area contributed by atoms with Crippen molar-refractivity contribution in [3.63, 3.8) is 0 Å². The molecule has 0 aromatic heterocycles. The molecule has 3 nitrogen and oxygen atoms in total. The maximum Gasteiger partial charge on any atom is 0.376 e. The van der Waals surface area contributed by atoms with Crippen LogP contribution in [0.15, 0.2) is 0 Å². The van der Waals surface area contributed by atoms with Crippen LogP contribution in [0.2, 0.25) is 6.82 Å². The van der Waals surface area contributed by atoms with Crippen molar-refractivity contribution in [2.45, 2.75) is 39.1 Å². The largest absolute Gasteiger partial charge is 0.437 e. The highest BCUT2D eigenvalue weighted by atomic mass is 16.2. The standard InChI is InChI=1S/C8H16BNO2/c1-7(11)6-8-4-3-5-10(8)9(2)12/h8,12H,3-6H2,1-2H3/t8-/m0/s1. The first kappa shape index (κ1) is 9.74. The number of rotatable bonds is 3. The van der Waals surface area contributed by atoms with E-state index >= 15 is 0 Å². The van der Waals surface area contributed by atoms with Crippen LogP contribution < -0.4 is 0 Å². The van der Waals surface area contributed by atoms with Gasteiger partial charge in [-0.05, 0) is 33.1 Å². The summed E-state index contributed by atoms with van der Waals surface area (Å²) < 4.78 is 0. The molecule has 0 aliphatic carbocycles. The van der Waals surface area contributed by atoms with Crippen LogP contribution in [0.5, 0.6) is 0 Å². The van der Waals surface area contributed by atoms with Gasteiger partial charge < -0.3 is 9.83 Å². The van der Waals surface area contributed by atoms with Crippen molar-refractivity contribution in [1.82, 2.24) is 4.81 Å². The molecule has 1 atom stereocenters. The van der Waals surface area contributed by atoms with E-state index in [1.165, 1.54) is 0 Å². The second-order valence-corrected chi connectivity index (χ2v) is 3.57. The van der Waals surface area contributed by atoms with Crippen LogP contribution in [0.3, 0.4) is 0 Å². The Kier molecular flexibility index (Phi) is 3.29. The van der Waals surface area contributed by atoms with Gasteiger partial charge in [0.25, 0.3) is 0 Å². The van der Waals surface area contributed by atoms with Crippen molar-refractivity contribution in [3.8, 4) is 0 Å². The molecule has 0 unspecified atom stereocenters. The van der Waals surface area contributed by atoms with Gasteiger partial charge in [-0.3, -0.25) is 4.79 Å². The Morgan fingerprint density at radius 2 is 2.42 bits per heavy atom. The van der Waals surface area contributed by atoms with E-state index in [0.717, 1.165) is 19.4 Å². The molecule has 1 heterocycles. The summed E-state index contributed by atoms with van der Waals surface area (Å²) in [5.41, 5.74) is 0. The average Bonchev–Trinajstić information content (AvgIpc) is 2.33. The van der Waals surface area contributed by atoms with Crippen LogP contribution in [-0.2, 0) is 4.79 Å². The number of nitrogens with zero attached hydrogens (tertiary/aromatic N) is 1. The Labute approximate surface area is 73.9 Å². The van der Waals surface area contributed by atoms with Crippen LogP contribution in [0.25, 0.3) is 0 Å². The van der Waals surface area contributed by atoms with Gasteiger partial charge in [0.05, 0.1) is 0 Å². The van der Waals surface area contributed by atoms with E-state index in [9.17, 15) is 9.82 Å². The van der Waals surface area contributed by atoms with Crippen LogP contribution in [-0.4, -0.2) is 35.3 Å². The lowest BCUT2D eigenvalue weighted by Gasteiger charge is -2.23. The van der Waals surface area contributed by atoms with E-state index in [-0.39, 0.29) is 11.8 Å². The lowest BCUT2D eigenvalue weighted by molar-refractivity contribution is -0.117. The van der Waals surface area contributed by atoms with Gasteiger partial charge in [0.2, 0.25) is 0 Å². The maximum absolute atomic E-state index is 10.9. The number of Topliss-reactive ketones (excluding diaryl/α,β-unsaturated/α-hetero) is 1. The number of carbonyl (C=O) groups is 1. The van der Waals surface area contributed by atoms with Crippen molar-refractivity contribution < 1.29 is 9.82 Å². The molecule has 0 amide bonds. The first-order valence-electron chi connectivity index (χ1n) is 4.54. The monoisotopic (exact) mass is 169 g/mol. The zero-order valence-electron chi connectivity index (χ0n) is 7.79. The van der Waals surface area contributed by atoms with Crippen LogP contribution in [0.1, 0.15) is 26.2 Å². The third-order valence-electron chi connectivity index (χ3n) is 2.43. The second-order valence-electron chi connectivity index (χ2n) is 3.57. The molecule has 0 bridgehead atoms. The summed E-state index contributed by atoms with van der Waals surface area (Å²) in [4.78, 5) is 12.9. The van der Waals surface area contributed by atoms with E-state index < -0.39 is 7.05 Å². The quantitative estimate of drug-likeness (QED) is 0.626. The predicted octanol–water partition coefficient (Wildman–Crippen LogP) is 0.540. The highest BCUT2D eigenvalue weighted by Crippen LogP contribution is 2.20. The van der Waals surface area contributed by atoms with Crippen molar-refractivity contribution in [1.29, 1.82) is 0 Å². The minimum Gasteiger partial charge on any atom is -0.437 e. The second kappa shape index (κ2) is 4.05. The number of ketones is 1. The first-order chi connectivity index (χ1) is 5.61. The Bertz CT molecular complexity index is 172. The Balaban J connectivity index is 2.46. The van der Waals surface area contributed by atoms with Crippen molar-refractivity contribution >= 4 is 12.8 Å². The summed E-state index contributed by atoms with van der Waals surface area (Å²) in [6, 6.07) is 0.280. The number of hydrogen-bond donors (Lipinski definition) is 1. The van der Waals surface area contributed by atoms with E-state index in [1.807, 2.05) is 4.81 Å². The van der Waals surface area contributed by atoms with Gasteiger partial charge in [-0.2, -0.15) is 0 Å². The molecule has 0 spiro atoms. The third kappa shape index (κ3) is 2.32. The van der Waals surface area contributed by atoms with Gasteiger partial charge in [0.1, 0.15) is 5.78 Å². The normalized spacial score (nSPS) is 24.4. The molecule has 68 valence electrons. The van der Waals surface area contributed by atoms with Crippen LogP contribution in [0.4, 0.5) is 0 Å². The van der Waals surface area contributed by atoms with Gasteiger partial charge in [0.15, 0.2) is 0 Å². The zero-order chi connectivity index (χ0) is 9.14. The molecular weight excluding hydrogens is 153 g/mol. The molecule has 0 saturated carbocycles. The highest BCUT2D eigenvalue weighted by Gasteiger charge is 2.30. The smallest absolute Gasteiger partial charge is 0.376 e. The molecule has 1 rings (SSSR count). The molecule has 1 N–H and O–H groups in total. The lowest BCUT2D eigenvalue weighted by Crippen LogP contribution is -2.41. The van der Waals surface area contributed by atoms with Crippen LogP contribution >= 0.6 is 0 Å². The molecule has 0 radical (unpaired) electrons. The average molecular weight is 169 g/mol. The van der Waals surface area contributed by atoms with Crippen LogP contribution in [0, 0.1) is 0 Å². The molecule has 0 aromatic rings. The van der Waals surface area contributed by atoms with Crippen molar-refractivity contribution in [2.75, 3.05) is 6.54 Å². The minimum atomic E-state index is -0.406. The molecule has 4 heteroatoms. The Morgan fingerprint density at radius 1 is 1.75 bits per heavy atom. The maximum atomic E-state index is 10.9. The fourth-order valence-electron chi connectivity index (χ4n) is 1.90. The molecule has 1 saturated heterocycles. The fourth-order valence-corrected chi connectivity index (χ4v) is 1.90. The molecule has 1 aliphatic rings. The van der Waals surface area contributed by atoms with Gasteiger partial charge in [0, 0.05) is 12.5 Å². The molecule has 1 aliphatic heterocycles. The summed E-state index contributed by atoms with van der Waals surface area (Å²) in [6.45, 7) is 4.30. The third-order valence-corrected chi connectivity index (χ3v) is 2.43. The Morgan fingerprint density at radius 3 is 2.92 bits per heavy atom. The summed E-state index contributed by atoms with van der Waals surface area (Å²) in [5.74, 6) is 0.215. The Hall–Kier alpha value is -0.345. The molecule has 0 aromatic carbocycles. The molecule has 1 fully saturated rings. The van der Waals surface area contributed by atoms with E-state index in [1.54, 1.807) is 13.7 Å². The predicted molar refractivity (Wildman–Crippen MR) is 48.9 cm³/mol. The van der Waals surface area contributed by atoms with Crippen molar-refractivity contribution in [3.05, 3.63) is 0 Å². The summed E-state index contributed by atoms with van der Waals surface area (Å²) in [6.07, 6.45) is 2.73. The number of hydrogen-bond acceptors (Lipinski definition) is 3. The topological polar surface area (TPSA) is 40.5 Å². The molecule has 12 heavy (non-hydrogen) atoms. The first-order valence-corrected chi connectivity index (χ1v) is 4.54. The summed E-state index contributed by atoms with van der Waals surface area (Å²) >= 11 is 0. The van der Waals surface area contributed by atoms with Gasteiger partial charge >= 0.3 is 7.05 Å². The van der Waals surface area contributed by atoms with E-state index in [0.29, 0.717) is 6.42 Å². The SMILES string of the molecule is CB(O)N1CCC[C@H]1CC(C)=O. The number of carbonyl (C=O) groups excluding carboxylic acids is 1. The minimum absolute atomic E-state index is 0.215. The summed E-state index contributed by atoms with van der Waals surface area (Å²) in [7, 11) is -0.406. The lowest BCUT2D eigenvalue weighted by atomic mass is 9.83. The van der Waals surface area contributed by atoms with Gasteiger partial charge in [-0.25, -0.2) is 0 Å². The van der Waals surface area contributed by atoms with Crippen molar-refractivity contribution in [2.24, 2.45) is 0 Å². The van der Waals surface area contributed by atoms with Gasteiger partial charge in [-0.1, -0.05) is 0 Å². The van der Waals surface area contributed by atoms with E-state index in [4.69, 9.17) is 0 Å². The fraction of sp³-hybridized carbons (Fsp3) is 0.875. The van der Waals surface area contributed by atoms with E-state index in [2.05, 4.69) is 0 Å². The molecular formula is C8H16BNO2. The zero-order valence-corrected chi connectivity index (χ0v) is 7.79.